The van der Waals surface area contributed by atoms with Crippen molar-refractivity contribution >= 4 is 11.6 Å². The molecule has 3 aromatic rings. The van der Waals surface area contributed by atoms with Crippen molar-refractivity contribution in [1.82, 2.24) is 29.6 Å². The Morgan fingerprint density at radius 3 is 2.95 bits per heavy atom. The first-order valence-electron chi connectivity index (χ1n) is 6.67. The Balaban J connectivity index is 1.61. The number of aromatic carboxylic acids is 1. The van der Waals surface area contributed by atoms with E-state index in [4.69, 9.17) is 5.11 Å². The van der Waals surface area contributed by atoms with Crippen molar-refractivity contribution in [3.63, 3.8) is 0 Å². The van der Waals surface area contributed by atoms with Gasteiger partial charge in [-0.25, -0.2) is 19.0 Å². The Morgan fingerprint density at radius 1 is 1.38 bits per heavy atom. The van der Waals surface area contributed by atoms with E-state index >= 15 is 0 Å². The molecule has 3 heterocycles. The molecule has 0 amide bonds. The van der Waals surface area contributed by atoms with Crippen LogP contribution in [0, 0.1) is 0 Å². The van der Waals surface area contributed by atoms with Gasteiger partial charge in [0, 0.05) is 0 Å². The van der Waals surface area contributed by atoms with Gasteiger partial charge in [0.2, 0.25) is 0 Å². The van der Waals surface area contributed by atoms with Crippen LogP contribution in [0.3, 0.4) is 0 Å². The second kappa shape index (κ2) is 4.37. The predicted octanol–water partition coefficient (Wildman–Crippen LogP) is 0.945. The molecule has 1 saturated carbocycles. The van der Waals surface area contributed by atoms with E-state index in [0.29, 0.717) is 12.5 Å². The van der Waals surface area contributed by atoms with E-state index in [1.807, 2.05) is 12.4 Å². The van der Waals surface area contributed by atoms with Crippen LogP contribution in [-0.4, -0.2) is 40.7 Å². The summed E-state index contributed by atoms with van der Waals surface area (Å²) in [5, 5.41) is 20.5. The van der Waals surface area contributed by atoms with E-state index in [1.165, 1.54) is 29.3 Å². The molecule has 106 valence electrons. The second-order valence-electron chi connectivity index (χ2n) is 5.20. The third-order valence-corrected chi connectivity index (χ3v) is 3.52. The van der Waals surface area contributed by atoms with Crippen LogP contribution >= 0.6 is 0 Å². The average Bonchev–Trinajstić information content (AvgIpc) is 3.07. The van der Waals surface area contributed by atoms with Crippen LogP contribution in [0.25, 0.3) is 5.65 Å². The maximum absolute atomic E-state index is 10.8. The van der Waals surface area contributed by atoms with Crippen LogP contribution in [-0.2, 0) is 6.54 Å². The summed E-state index contributed by atoms with van der Waals surface area (Å²) in [5.74, 6) is -0.455. The van der Waals surface area contributed by atoms with Crippen molar-refractivity contribution in [2.45, 2.75) is 25.3 Å². The van der Waals surface area contributed by atoms with E-state index in [2.05, 4.69) is 26.5 Å². The molecule has 0 aliphatic heterocycles. The summed E-state index contributed by atoms with van der Waals surface area (Å²) in [5.41, 5.74) is 2.71. The first-order valence-corrected chi connectivity index (χ1v) is 6.67. The number of fused-ring (bicyclic) bond motifs is 1. The third-order valence-electron chi connectivity index (χ3n) is 3.52. The van der Waals surface area contributed by atoms with Gasteiger partial charge in [0.15, 0.2) is 11.3 Å². The molecule has 8 heteroatoms. The lowest BCUT2D eigenvalue weighted by Crippen LogP contribution is -2.00. The van der Waals surface area contributed by atoms with Crippen LogP contribution in [0.5, 0.6) is 0 Å². The van der Waals surface area contributed by atoms with Crippen molar-refractivity contribution in [2.24, 2.45) is 0 Å². The number of hydrogen-bond donors (Lipinski definition) is 1. The molecule has 0 saturated heterocycles. The summed E-state index contributed by atoms with van der Waals surface area (Å²) in [4.78, 5) is 15.3. The fourth-order valence-corrected chi connectivity index (χ4v) is 2.30. The quantitative estimate of drug-likeness (QED) is 0.765. The van der Waals surface area contributed by atoms with Crippen molar-refractivity contribution in [3.8, 4) is 0 Å². The normalized spacial score (nSPS) is 14.7. The average molecular weight is 284 g/mol. The first-order chi connectivity index (χ1) is 10.2. The van der Waals surface area contributed by atoms with E-state index in [9.17, 15) is 4.79 Å². The number of carbonyl (C=O) groups is 1. The predicted molar refractivity (Wildman–Crippen MR) is 71.0 cm³/mol. The standard InChI is InChI=1S/C13H12N6O2/c20-13(21)11-7-18(17-16-11)5-10-6-19-12(15-10)3-9(4-14-19)8-1-2-8/h3-4,6-8H,1-2,5H2,(H,20,21). The van der Waals surface area contributed by atoms with Crippen LogP contribution < -0.4 is 0 Å². The van der Waals surface area contributed by atoms with Gasteiger partial charge in [-0.1, -0.05) is 5.21 Å². The molecule has 0 atom stereocenters. The molecule has 1 aliphatic carbocycles. The van der Waals surface area contributed by atoms with E-state index in [-0.39, 0.29) is 5.69 Å². The molecule has 0 unspecified atom stereocenters. The first kappa shape index (κ1) is 12.0. The monoisotopic (exact) mass is 284 g/mol. The molecule has 21 heavy (non-hydrogen) atoms. The highest BCUT2D eigenvalue weighted by molar-refractivity contribution is 5.84. The molecule has 0 radical (unpaired) electrons. The van der Waals surface area contributed by atoms with Gasteiger partial charge in [0.1, 0.15) is 0 Å². The summed E-state index contributed by atoms with van der Waals surface area (Å²) in [6.07, 6.45) is 7.53. The number of carboxylic acids is 1. The summed E-state index contributed by atoms with van der Waals surface area (Å²) >= 11 is 0. The fourth-order valence-electron chi connectivity index (χ4n) is 2.30. The van der Waals surface area contributed by atoms with Crippen molar-refractivity contribution < 1.29 is 9.90 Å². The molecule has 1 fully saturated rings. The molecule has 4 rings (SSSR count). The largest absolute Gasteiger partial charge is 0.476 e. The fraction of sp³-hybridized carbons (Fsp3) is 0.308. The topological polar surface area (TPSA) is 98.2 Å². The Hall–Kier alpha value is -2.77. The minimum Gasteiger partial charge on any atom is -0.476 e. The number of nitrogens with zero attached hydrogens (tertiary/aromatic N) is 6. The van der Waals surface area contributed by atoms with Crippen molar-refractivity contribution in [2.75, 3.05) is 0 Å². The van der Waals surface area contributed by atoms with Gasteiger partial charge in [0.25, 0.3) is 0 Å². The van der Waals surface area contributed by atoms with Crippen LogP contribution in [0.2, 0.25) is 0 Å². The van der Waals surface area contributed by atoms with Crippen molar-refractivity contribution in [3.05, 3.63) is 41.6 Å². The van der Waals surface area contributed by atoms with Crippen molar-refractivity contribution in [1.29, 1.82) is 0 Å². The molecule has 0 bridgehead atoms. The molecule has 1 aliphatic rings. The summed E-state index contributed by atoms with van der Waals surface area (Å²) in [7, 11) is 0. The molecule has 3 aromatic heterocycles. The number of aromatic nitrogens is 6. The number of hydrogen-bond acceptors (Lipinski definition) is 5. The lowest BCUT2D eigenvalue weighted by atomic mass is 10.2. The van der Waals surface area contributed by atoms with Gasteiger partial charge in [-0.3, -0.25) is 0 Å². The van der Waals surface area contributed by atoms with E-state index in [0.717, 1.165) is 11.3 Å². The highest BCUT2D eigenvalue weighted by atomic mass is 16.4. The van der Waals surface area contributed by atoms with Gasteiger partial charge >= 0.3 is 5.97 Å². The number of carboxylic acid groups (broad SMARTS) is 1. The number of imidazole rings is 1. The molecular weight excluding hydrogens is 272 g/mol. The smallest absolute Gasteiger partial charge is 0.358 e. The van der Waals surface area contributed by atoms with Crippen LogP contribution in [0.1, 0.15) is 40.5 Å². The zero-order valence-corrected chi connectivity index (χ0v) is 11.0. The molecule has 0 spiro atoms. The van der Waals surface area contributed by atoms with Gasteiger partial charge < -0.3 is 5.11 Å². The van der Waals surface area contributed by atoms with Gasteiger partial charge in [0.05, 0.1) is 30.8 Å². The Bertz CT molecular complexity index is 832. The maximum Gasteiger partial charge on any atom is 0.358 e. The zero-order valence-electron chi connectivity index (χ0n) is 11.0. The lowest BCUT2D eigenvalue weighted by Gasteiger charge is -1.96. The molecule has 8 nitrogen and oxygen atoms in total. The minimum atomic E-state index is -1.09. The van der Waals surface area contributed by atoms with E-state index in [1.54, 1.807) is 4.52 Å². The van der Waals surface area contributed by atoms with Gasteiger partial charge in [-0.05, 0) is 30.4 Å². The highest BCUT2D eigenvalue weighted by Gasteiger charge is 2.24. The second-order valence-corrected chi connectivity index (χ2v) is 5.20. The minimum absolute atomic E-state index is 0.0760. The summed E-state index contributed by atoms with van der Waals surface area (Å²) in [6.45, 7) is 0.363. The zero-order chi connectivity index (χ0) is 14.4. The third kappa shape index (κ3) is 2.24. The lowest BCUT2D eigenvalue weighted by molar-refractivity contribution is 0.0690. The van der Waals surface area contributed by atoms with Crippen LogP contribution in [0.15, 0.2) is 24.7 Å². The summed E-state index contributed by atoms with van der Waals surface area (Å²) < 4.78 is 3.17. The Labute approximate surface area is 119 Å². The summed E-state index contributed by atoms with van der Waals surface area (Å²) in [6, 6.07) is 2.05. The Morgan fingerprint density at radius 2 is 2.24 bits per heavy atom. The number of rotatable bonds is 4. The van der Waals surface area contributed by atoms with E-state index < -0.39 is 5.97 Å². The highest BCUT2D eigenvalue weighted by Crippen LogP contribution is 2.39. The SMILES string of the molecule is O=C(O)c1cn(Cc2cn3ncc(C4CC4)cc3n2)nn1. The molecule has 1 N–H and O–H groups in total. The van der Waals surface area contributed by atoms with Crippen LogP contribution in [0.4, 0.5) is 0 Å². The maximum atomic E-state index is 10.8. The molecule has 0 aromatic carbocycles. The van der Waals surface area contributed by atoms with Gasteiger partial charge in [-0.2, -0.15) is 5.10 Å². The van der Waals surface area contributed by atoms with Gasteiger partial charge in [-0.15, -0.1) is 5.10 Å². The Kier molecular flexibility index (Phi) is 2.50. The molecular formula is C13H12N6O2.